The molecule has 0 unspecified atom stereocenters. The van der Waals surface area contributed by atoms with Crippen LogP contribution in [0.15, 0.2) is 12.4 Å². The third-order valence-corrected chi connectivity index (χ3v) is 2.65. The number of rotatable bonds is 8. The molecule has 1 rings (SSSR count). The highest BCUT2D eigenvalue weighted by Crippen LogP contribution is 2.03. The van der Waals surface area contributed by atoms with Gasteiger partial charge in [-0.15, -0.1) is 0 Å². The summed E-state index contributed by atoms with van der Waals surface area (Å²) < 4.78 is 0. The molecular formula is C12H16ClN3O3. The van der Waals surface area contributed by atoms with Gasteiger partial charge in [-0.25, -0.2) is 9.97 Å². The van der Waals surface area contributed by atoms with Crippen LogP contribution < -0.4 is 5.32 Å². The van der Waals surface area contributed by atoms with Crippen molar-refractivity contribution in [2.75, 3.05) is 6.54 Å². The van der Waals surface area contributed by atoms with Gasteiger partial charge in [0.25, 0.3) is 5.91 Å². The number of aromatic nitrogens is 2. The molecule has 0 bridgehead atoms. The largest absolute Gasteiger partial charge is 0.481 e. The number of halogens is 1. The van der Waals surface area contributed by atoms with Crippen molar-refractivity contribution in [3.8, 4) is 0 Å². The molecule has 1 aromatic rings. The van der Waals surface area contributed by atoms with Gasteiger partial charge in [-0.1, -0.05) is 24.4 Å². The average Bonchev–Trinajstić information content (AvgIpc) is 2.38. The maximum absolute atomic E-state index is 11.6. The maximum atomic E-state index is 11.6. The van der Waals surface area contributed by atoms with Crippen LogP contribution >= 0.6 is 11.6 Å². The fraction of sp³-hybridized carbons (Fsp3) is 0.500. The third kappa shape index (κ3) is 6.71. The van der Waals surface area contributed by atoms with E-state index in [1.54, 1.807) is 0 Å². The summed E-state index contributed by atoms with van der Waals surface area (Å²) in [4.78, 5) is 29.5. The first-order valence-electron chi connectivity index (χ1n) is 6.07. The minimum atomic E-state index is -0.769. The van der Waals surface area contributed by atoms with Crippen molar-refractivity contribution >= 4 is 23.5 Å². The van der Waals surface area contributed by atoms with Gasteiger partial charge >= 0.3 is 5.97 Å². The van der Waals surface area contributed by atoms with E-state index in [1.807, 2.05) is 0 Å². The molecule has 0 aliphatic rings. The van der Waals surface area contributed by atoms with Gasteiger partial charge in [-0.05, 0) is 12.8 Å². The number of nitrogens with zero attached hydrogens (tertiary/aromatic N) is 2. The van der Waals surface area contributed by atoms with Crippen LogP contribution in [0.1, 0.15) is 42.6 Å². The van der Waals surface area contributed by atoms with Crippen LogP contribution in [0, 0.1) is 0 Å². The number of aliphatic carboxylic acids is 1. The molecule has 0 radical (unpaired) electrons. The number of hydrogen-bond acceptors (Lipinski definition) is 4. The van der Waals surface area contributed by atoms with Gasteiger partial charge < -0.3 is 10.4 Å². The second-order valence-corrected chi connectivity index (χ2v) is 4.43. The molecule has 6 nitrogen and oxygen atoms in total. The molecule has 0 atom stereocenters. The van der Waals surface area contributed by atoms with Gasteiger partial charge in [0.05, 0.1) is 12.4 Å². The number of hydrogen-bond donors (Lipinski definition) is 2. The van der Waals surface area contributed by atoms with Gasteiger partial charge in [-0.2, -0.15) is 0 Å². The minimum absolute atomic E-state index is 0.201. The van der Waals surface area contributed by atoms with Crippen LogP contribution in [0.2, 0.25) is 5.15 Å². The Bertz CT molecular complexity index is 423. The quantitative estimate of drug-likeness (QED) is 0.712. The van der Waals surface area contributed by atoms with E-state index in [4.69, 9.17) is 16.7 Å². The summed E-state index contributed by atoms with van der Waals surface area (Å²) >= 11 is 5.57. The molecule has 0 spiro atoms. The molecule has 2 N–H and O–H groups in total. The van der Waals surface area contributed by atoms with Gasteiger partial charge in [0.1, 0.15) is 10.8 Å². The van der Waals surface area contributed by atoms with Crippen molar-refractivity contribution in [3.63, 3.8) is 0 Å². The molecule has 0 saturated heterocycles. The Labute approximate surface area is 116 Å². The van der Waals surface area contributed by atoms with E-state index in [0.717, 1.165) is 19.3 Å². The van der Waals surface area contributed by atoms with Gasteiger partial charge in [0.15, 0.2) is 0 Å². The van der Waals surface area contributed by atoms with E-state index in [0.29, 0.717) is 13.0 Å². The summed E-state index contributed by atoms with van der Waals surface area (Å²) in [5, 5.41) is 11.4. The lowest BCUT2D eigenvalue weighted by Gasteiger charge is -2.04. The number of carboxylic acid groups (broad SMARTS) is 1. The zero-order valence-electron chi connectivity index (χ0n) is 10.4. The molecule has 0 aromatic carbocycles. The fourth-order valence-electron chi connectivity index (χ4n) is 1.48. The van der Waals surface area contributed by atoms with Gasteiger partial charge in [0.2, 0.25) is 0 Å². The predicted molar refractivity (Wildman–Crippen MR) is 70.1 cm³/mol. The van der Waals surface area contributed by atoms with Crippen molar-refractivity contribution in [1.29, 1.82) is 0 Å². The summed E-state index contributed by atoms with van der Waals surface area (Å²) in [7, 11) is 0. The molecule has 0 fully saturated rings. The van der Waals surface area contributed by atoms with Crippen LogP contribution in [0.5, 0.6) is 0 Å². The molecule has 0 aliphatic heterocycles. The summed E-state index contributed by atoms with van der Waals surface area (Å²) in [6, 6.07) is 0. The molecule has 0 saturated carbocycles. The van der Waals surface area contributed by atoms with Gasteiger partial charge in [-0.3, -0.25) is 9.59 Å². The predicted octanol–water partition coefficient (Wildman–Crippen LogP) is 1.89. The lowest BCUT2D eigenvalue weighted by molar-refractivity contribution is -0.137. The number of nitrogens with one attached hydrogen (secondary N) is 1. The summed E-state index contributed by atoms with van der Waals surface area (Å²) in [5.41, 5.74) is 0.232. The Morgan fingerprint density at radius 2 is 1.89 bits per heavy atom. The van der Waals surface area contributed by atoms with E-state index in [2.05, 4.69) is 15.3 Å². The van der Waals surface area contributed by atoms with E-state index in [9.17, 15) is 9.59 Å². The van der Waals surface area contributed by atoms with Crippen LogP contribution in [0.3, 0.4) is 0 Å². The van der Waals surface area contributed by atoms with Crippen LogP contribution in [-0.2, 0) is 4.79 Å². The Morgan fingerprint density at radius 3 is 2.53 bits per heavy atom. The Balaban J connectivity index is 2.11. The third-order valence-electron chi connectivity index (χ3n) is 2.46. The fourth-order valence-corrected chi connectivity index (χ4v) is 1.57. The van der Waals surface area contributed by atoms with E-state index < -0.39 is 5.97 Å². The first-order valence-corrected chi connectivity index (χ1v) is 6.45. The van der Waals surface area contributed by atoms with E-state index in [-0.39, 0.29) is 23.2 Å². The number of carbonyl (C=O) groups excluding carboxylic acids is 1. The van der Waals surface area contributed by atoms with E-state index >= 15 is 0 Å². The SMILES string of the molecule is O=C(O)CCCCCCNC(=O)c1cnc(Cl)cn1. The minimum Gasteiger partial charge on any atom is -0.481 e. The molecular weight excluding hydrogens is 270 g/mol. The Hall–Kier alpha value is -1.69. The summed E-state index contributed by atoms with van der Waals surface area (Å²) in [6.07, 6.45) is 6.07. The highest BCUT2D eigenvalue weighted by Gasteiger charge is 2.06. The first kappa shape index (κ1) is 15.4. The average molecular weight is 286 g/mol. The zero-order chi connectivity index (χ0) is 14.1. The number of amides is 1. The molecule has 1 aromatic heterocycles. The molecule has 0 aliphatic carbocycles. The number of carbonyl (C=O) groups is 2. The lowest BCUT2D eigenvalue weighted by atomic mass is 10.1. The highest BCUT2D eigenvalue weighted by molar-refractivity contribution is 6.29. The topological polar surface area (TPSA) is 92.2 Å². The summed E-state index contributed by atoms with van der Waals surface area (Å²) in [6.45, 7) is 0.538. The van der Waals surface area contributed by atoms with Crippen molar-refractivity contribution in [2.45, 2.75) is 32.1 Å². The Morgan fingerprint density at radius 1 is 1.16 bits per heavy atom. The van der Waals surface area contributed by atoms with Crippen LogP contribution in [0.25, 0.3) is 0 Å². The molecule has 19 heavy (non-hydrogen) atoms. The van der Waals surface area contributed by atoms with Crippen molar-refractivity contribution in [1.82, 2.24) is 15.3 Å². The second-order valence-electron chi connectivity index (χ2n) is 4.04. The van der Waals surface area contributed by atoms with Crippen LogP contribution in [-0.4, -0.2) is 33.5 Å². The smallest absolute Gasteiger partial charge is 0.303 e. The zero-order valence-corrected chi connectivity index (χ0v) is 11.2. The summed E-state index contributed by atoms with van der Waals surface area (Å²) in [5.74, 6) is -1.05. The second kappa shape index (κ2) is 8.42. The highest BCUT2D eigenvalue weighted by atomic mass is 35.5. The van der Waals surface area contributed by atoms with Crippen molar-refractivity contribution in [3.05, 3.63) is 23.2 Å². The molecule has 1 heterocycles. The van der Waals surface area contributed by atoms with Crippen LogP contribution in [0.4, 0.5) is 0 Å². The standard InChI is InChI=1S/C12H16ClN3O3/c13-10-8-15-9(7-16-10)12(19)14-6-4-2-1-3-5-11(17)18/h7-8H,1-6H2,(H,14,19)(H,17,18). The normalized spacial score (nSPS) is 10.2. The first-order chi connectivity index (χ1) is 9.09. The number of carboxylic acids is 1. The Kier molecular flexibility index (Phi) is 6.81. The van der Waals surface area contributed by atoms with Crippen molar-refractivity contribution < 1.29 is 14.7 Å². The van der Waals surface area contributed by atoms with E-state index in [1.165, 1.54) is 12.4 Å². The molecule has 1 amide bonds. The van der Waals surface area contributed by atoms with Crippen molar-refractivity contribution in [2.24, 2.45) is 0 Å². The number of unbranched alkanes of at least 4 members (excludes halogenated alkanes) is 3. The monoisotopic (exact) mass is 285 g/mol. The lowest BCUT2D eigenvalue weighted by Crippen LogP contribution is -2.25. The van der Waals surface area contributed by atoms with Gasteiger partial charge in [0, 0.05) is 13.0 Å². The molecule has 7 heteroatoms. The maximum Gasteiger partial charge on any atom is 0.303 e. The molecule has 104 valence electrons.